The molecular weight excluding hydrogens is 402 g/mol. The van der Waals surface area contributed by atoms with Crippen molar-refractivity contribution in [2.75, 3.05) is 23.7 Å². The van der Waals surface area contributed by atoms with E-state index in [1.54, 1.807) is 0 Å². The number of carbonyl (C=O) groups excluding carboxylic acids is 2. The van der Waals surface area contributed by atoms with Gasteiger partial charge in [-0.1, -0.05) is 44.2 Å². The van der Waals surface area contributed by atoms with Gasteiger partial charge >= 0.3 is 0 Å². The highest BCUT2D eigenvalue weighted by atomic mass is 16.2. The van der Waals surface area contributed by atoms with Crippen LogP contribution in [0.4, 0.5) is 11.4 Å². The molecule has 0 fully saturated rings. The first-order valence-electron chi connectivity index (χ1n) is 11.2. The molecule has 2 amide bonds. The molecule has 1 unspecified atom stereocenters. The van der Waals surface area contributed by atoms with Gasteiger partial charge in [-0.15, -0.1) is 0 Å². The normalized spacial score (nSPS) is 15.7. The van der Waals surface area contributed by atoms with Gasteiger partial charge in [-0.05, 0) is 42.2 Å². The van der Waals surface area contributed by atoms with Crippen molar-refractivity contribution in [1.29, 1.82) is 0 Å². The SMILES string of the molecule is CCNC(=NCc1cccc(NC(=O)CC(C)C)c1)NCC1CC(=O)Nc2ccccc21. The third kappa shape index (κ3) is 6.83. The van der Waals surface area contributed by atoms with Crippen LogP contribution in [0, 0.1) is 5.92 Å². The lowest BCUT2D eigenvalue weighted by atomic mass is 9.90. The highest BCUT2D eigenvalue weighted by Crippen LogP contribution is 2.31. The van der Waals surface area contributed by atoms with E-state index >= 15 is 0 Å². The minimum Gasteiger partial charge on any atom is -0.357 e. The van der Waals surface area contributed by atoms with Crippen LogP contribution in [-0.4, -0.2) is 30.9 Å². The summed E-state index contributed by atoms with van der Waals surface area (Å²) in [4.78, 5) is 28.8. The van der Waals surface area contributed by atoms with Gasteiger partial charge in [-0.25, -0.2) is 4.99 Å². The molecule has 7 nitrogen and oxygen atoms in total. The van der Waals surface area contributed by atoms with E-state index in [1.165, 1.54) is 0 Å². The minimum absolute atomic E-state index is 0.0208. The number of hydrogen-bond acceptors (Lipinski definition) is 3. The number of para-hydroxylation sites is 1. The molecule has 1 heterocycles. The lowest BCUT2D eigenvalue weighted by Crippen LogP contribution is -2.40. The number of nitrogens with zero attached hydrogens (tertiary/aromatic N) is 1. The highest BCUT2D eigenvalue weighted by molar-refractivity contribution is 5.95. The maximum atomic E-state index is 12.1. The molecule has 0 spiro atoms. The van der Waals surface area contributed by atoms with E-state index in [0.717, 1.165) is 29.0 Å². The molecule has 0 radical (unpaired) electrons. The molecule has 7 heteroatoms. The largest absolute Gasteiger partial charge is 0.357 e. The molecule has 1 atom stereocenters. The zero-order valence-corrected chi connectivity index (χ0v) is 19.1. The van der Waals surface area contributed by atoms with E-state index in [1.807, 2.05) is 63.2 Å². The molecule has 0 aliphatic carbocycles. The van der Waals surface area contributed by atoms with Crippen molar-refractivity contribution in [3.63, 3.8) is 0 Å². The molecule has 1 aliphatic heterocycles. The number of carbonyl (C=O) groups is 2. The monoisotopic (exact) mass is 435 g/mol. The number of rotatable bonds is 8. The van der Waals surface area contributed by atoms with E-state index in [0.29, 0.717) is 37.8 Å². The summed E-state index contributed by atoms with van der Waals surface area (Å²) >= 11 is 0. The molecule has 1 aliphatic rings. The van der Waals surface area contributed by atoms with E-state index in [2.05, 4.69) is 27.3 Å². The zero-order chi connectivity index (χ0) is 22.9. The first-order valence-corrected chi connectivity index (χ1v) is 11.2. The second kappa shape index (κ2) is 11.3. The van der Waals surface area contributed by atoms with Gasteiger partial charge in [-0.3, -0.25) is 9.59 Å². The highest BCUT2D eigenvalue weighted by Gasteiger charge is 2.24. The van der Waals surface area contributed by atoms with Crippen molar-refractivity contribution in [1.82, 2.24) is 10.6 Å². The third-order valence-corrected chi connectivity index (χ3v) is 5.19. The van der Waals surface area contributed by atoms with Crippen LogP contribution in [0.3, 0.4) is 0 Å². The summed E-state index contributed by atoms with van der Waals surface area (Å²) in [6.45, 7) is 7.90. The van der Waals surface area contributed by atoms with Crippen LogP contribution in [0.5, 0.6) is 0 Å². The van der Waals surface area contributed by atoms with E-state index < -0.39 is 0 Å². The Morgan fingerprint density at radius 3 is 2.75 bits per heavy atom. The van der Waals surface area contributed by atoms with Crippen molar-refractivity contribution in [2.45, 2.75) is 46.1 Å². The van der Waals surface area contributed by atoms with Gasteiger partial charge in [0.2, 0.25) is 11.8 Å². The molecule has 0 bridgehead atoms. The number of anilines is 2. The molecule has 0 aromatic heterocycles. The Balaban J connectivity index is 1.63. The fraction of sp³-hybridized carbons (Fsp3) is 0.400. The molecule has 0 saturated carbocycles. The Morgan fingerprint density at radius 1 is 1.16 bits per heavy atom. The first kappa shape index (κ1) is 23.3. The Hall–Kier alpha value is -3.35. The van der Waals surface area contributed by atoms with Crippen LogP contribution in [0.25, 0.3) is 0 Å². The molecule has 2 aromatic rings. The van der Waals surface area contributed by atoms with Crippen LogP contribution in [-0.2, 0) is 16.1 Å². The van der Waals surface area contributed by atoms with Gasteiger partial charge in [0.05, 0.1) is 6.54 Å². The smallest absolute Gasteiger partial charge is 0.225 e. The second-order valence-electron chi connectivity index (χ2n) is 8.46. The maximum Gasteiger partial charge on any atom is 0.225 e. The first-order chi connectivity index (χ1) is 15.4. The predicted molar refractivity (Wildman–Crippen MR) is 130 cm³/mol. The summed E-state index contributed by atoms with van der Waals surface area (Å²) in [5.74, 6) is 1.16. The van der Waals surface area contributed by atoms with E-state index in [4.69, 9.17) is 4.99 Å². The summed E-state index contributed by atoms with van der Waals surface area (Å²) < 4.78 is 0. The number of hydrogen-bond donors (Lipinski definition) is 4. The van der Waals surface area contributed by atoms with Crippen LogP contribution < -0.4 is 21.3 Å². The molecule has 170 valence electrons. The molecule has 3 rings (SSSR count). The van der Waals surface area contributed by atoms with Crippen LogP contribution in [0.2, 0.25) is 0 Å². The summed E-state index contributed by atoms with van der Waals surface area (Å²) in [6.07, 6.45) is 0.945. The maximum absolute atomic E-state index is 12.1. The molecule has 32 heavy (non-hydrogen) atoms. The number of amides is 2. The Morgan fingerprint density at radius 2 is 1.97 bits per heavy atom. The molecule has 4 N–H and O–H groups in total. The summed E-state index contributed by atoms with van der Waals surface area (Å²) in [7, 11) is 0. The van der Waals surface area contributed by atoms with E-state index in [-0.39, 0.29) is 17.7 Å². The average molecular weight is 436 g/mol. The number of benzene rings is 2. The Bertz CT molecular complexity index is 970. The van der Waals surface area contributed by atoms with Gasteiger partial charge in [0.1, 0.15) is 0 Å². The van der Waals surface area contributed by atoms with Gasteiger partial charge < -0.3 is 21.3 Å². The number of fused-ring (bicyclic) bond motifs is 1. The van der Waals surface area contributed by atoms with Gasteiger partial charge in [0, 0.05) is 43.2 Å². The van der Waals surface area contributed by atoms with Crippen molar-refractivity contribution in [2.24, 2.45) is 10.9 Å². The number of guanidine groups is 1. The average Bonchev–Trinajstić information content (AvgIpc) is 2.75. The van der Waals surface area contributed by atoms with Crippen LogP contribution >= 0.6 is 0 Å². The summed E-state index contributed by atoms with van der Waals surface area (Å²) in [5, 5.41) is 12.5. The molecule has 2 aromatic carbocycles. The van der Waals surface area contributed by atoms with Crippen molar-refractivity contribution in [3.8, 4) is 0 Å². The van der Waals surface area contributed by atoms with Crippen molar-refractivity contribution in [3.05, 3.63) is 59.7 Å². The third-order valence-electron chi connectivity index (χ3n) is 5.19. The molecular formula is C25H33N5O2. The predicted octanol–water partition coefficient (Wildman–Crippen LogP) is 3.85. The van der Waals surface area contributed by atoms with Crippen LogP contribution in [0.1, 0.15) is 50.7 Å². The lowest BCUT2D eigenvalue weighted by Gasteiger charge is -2.26. The molecule has 0 saturated heterocycles. The minimum atomic E-state index is 0.0208. The van der Waals surface area contributed by atoms with Gasteiger partial charge in [0.15, 0.2) is 5.96 Å². The second-order valence-corrected chi connectivity index (χ2v) is 8.46. The van der Waals surface area contributed by atoms with E-state index in [9.17, 15) is 9.59 Å². The fourth-order valence-electron chi connectivity index (χ4n) is 3.75. The number of nitrogens with one attached hydrogen (secondary N) is 4. The van der Waals surface area contributed by atoms with Crippen molar-refractivity contribution >= 4 is 29.1 Å². The topological polar surface area (TPSA) is 94.6 Å². The quantitative estimate of drug-likeness (QED) is 0.374. The Kier molecular flexibility index (Phi) is 8.25. The fourth-order valence-corrected chi connectivity index (χ4v) is 3.75. The number of aliphatic imine (C=N–C) groups is 1. The zero-order valence-electron chi connectivity index (χ0n) is 19.1. The van der Waals surface area contributed by atoms with Gasteiger partial charge in [0.25, 0.3) is 0 Å². The Labute approximate surface area is 190 Å². The van der Waals surface area contributed by atoms with Gasteiger partial charge in [-0.2, -0.15) is 0 Å². The van der Waals surface area contributed by atoms with Crippen LogP contribution in [0.15, 0.2) is 53.5 Å². The summed E-state index contributed by atoms with van der Waals surface area (Å²) in [5.41, 5.74) is 3.81. The summed E-state index contributed by atoms with van der Waals surface area (Å²) in [6, 6.07) is 15.7. The lowest BCUT2D eigenvalue weighted by molar-refractivity contribution is -0.117. The van der Waals surface area contributed by atoms with Crippen molar-refractivity contribution < 1.29 is 9.59 Å². The standard InChI is InChI=1S/C25H33N5O2/c1-4-26-25(28-16-19-14-24(32)30-22-11-6-5-10-21(19)22)27-15-18-8-7-9-20(13-18)29-23(31)12-17(2)3/h5-11,13,17,19H,4,12,14-16H2,1-3H3,(H,29,31)(H,30,32)(H2,26,27,28).